The number of fused-ring (bicyclic) bond motifs is 5. The molecule has 0 radical (unpaired) electrons. The summed E-state index contributed by atoms with van der Waals surface area (Å²) in [6.45, 7) is 5.71. The second-order valence-corrected chi connectivity index (χ2v) is 8.02. The monoisotopic (exact) mass is 392 g/mol. The van der Waals surface area contributed by atoms with Crippen LogP contribution in [0.15, 0.2) is 10.9 Å². The molecular weight excluding hydrogens is 366 g/mol. The Morgan fingerprint density at radius 3 is 2.57 bits per heavy atom. The smallest absolute Gasteiger partial charge is 0.276 e. The molecule has 0 amide bonds. The predicted molar refractivity (Wildman–Crippen MR) is 106 cm³/mol. The van der Waals surface area contributed by atoms with E-state index in [9.17, 15) is 18.7 Å². The lowest BCUT2D eigenvalue weighted by molar-refractivity contribution is 0.197. The summed E-state index contributed by atoms with van der Waals surface area (Å²) in [5, 5.41) is 9.94. The van der Waals surface area contributed by atoms with Crippen LogP contribution in [-0.2, 0) is 7.05 Å². The minimum Gasteiger partial charge on any atom is -0.395 e. The summed E-state index contributed by atoms with van der Waals surface area (Å²) >= 11 is 0. The van der Waals surface area contributed by atoms with E-state index in [0.717, 1.165) is 6.54 Å². The highest BCUT2D eigenvalue weighted by Crippen LogP contribution is 2.41. The van der Waals surface area contributed by atoms with Gasteiger partial charge in [0, 0.05) is 50.2 Å². The molecule has 6 nitrogen and oxygen atoms in total. The maximum Gasteiger partial charge on any atom is 0.276 e. The zero-order valence-electron chi connectivity index (χ0n) is 16.7. The second kappa shape index (κ2) is 6.70. The zero-order chi connectivity index (χ0) is 20.3. The third-order valence-electron chi connectivity index (χ3n) is 6.30. The Labute approximate surface area is 162 Å². The molecule has 2 unspecified atom stereocenters. The number of halogens is 2. The van der Waals surface area contributed by atoms with Gasteiger partial charge in [-0.2, -0.15) is 0 Å². The Morgan fingerprint density at radius 2 is 1.89 bits per heavy atom. The molecule has 152 valence electrons. The van der Waals surface area contributed by atoms with Crippen LogP contribution in [0.2, 0.25) is 0 Å². The molecule has 0 aliphatic carbocycles. The number of nitrogens with zero attached hydrogens (tertiary/aromatic N) is 4. The molecule has 2 aliphatic rings. The predicted octanol–water partition coefficient (Wildman–Crippen LogP) is 1.45. The van der Waals surface area contributed by atoms with Crippen molar-refractivity contribution in [3.8, 4) is 0 Å². The molecule has 1 fully saturated rings. The zero-order valence-corrected chi connectivity index (χ0v) is 16.7. The highest BCUT2D eigenvalue weighted by Gasteiger charge is 2.39. The summed E-state index contributed by atoms with van der Waals surface area (Å²) in [7, 11) is 3.57. The van der Waals surface area contributed by atoms with Gasteiger partial charge in [0.1, 0.15) is 11.5 Å². The van der Waals surface area contributed by atoms with Crippen LogP contribution in [0.1, 0.15) is 12.5 Å². The number of piperazine rings is 1. The van der Waals surface area contributed by atoms with E-state index in [4.69, 9.17) is 0 Å². The number of hydrogen-bond acceptors (Lipinski definition) is 5. The van der Waals surface area contributed by atoms with Gasteiger partial charge in [-0.05, 0) is 27.0 Å². The lowest BCUT2D eigenvalue weighted by atomic mass is 9.98. The Hall–Kier alpha value is -2.19. The van der Waals surface area contributed by atoms with Crippen LogP contribution in [0, 0.1) is 18.6 Å². The van der Waals surface area contributed by atoms with Crippen molar-refractivity contribution in [3.05, 3.63) is 33.6 Å². The topological polar surface area (TPSA) is 52.0 Å². The Kier molecular flexibility index (Phi) is 4.58. The molecular formula is C20H26F2N4O2. The minimum atomic E-state index is -0.699. The molecule has 2 aliphatic heterocycles. The van der Waals surface area contributed by atoms with E-state index in [1.54, 1.807) is 0 Å². The van der Waals surface area contributed by atoms with Gasteiger partial charge in [0.05, 0.1) is 23.9 Å². The summed E-state index contributed by atoms with van der Waals surface area (Å²) in [6.07, 6.45) is 0. The average Bonchev–Trinajstić information content (AvgIpc) is 2.65. The average molecular weight is 392 g/mol. The van der Waals surface area contributed by atoms with Gasteiger partial charge in [-0.25, -0.2) is 8.78 Å². The fourth-order valence-electron chi connectivity index (χ4n) is 4.56. The van der Waals surface area contributed by atoms with Gasteiger partial charge in [-0.1, -0.05) is 0 Å². The van der Waals surface area contributed by atoms with Crippen molar-refractivity contribution < 1.29 is 13.9 Å². The number of pyridine rings is 1. The van der Waals surface area contributed by atoms with Crippen molar-refractivity contribution >= 4 is 22.3 Å². The van der Waals surface area contributed by atoms with E-state index >= 15 is 0 Å². The fraction of sp³-hybridized carbons (Fsp3) is 0.550. The number of anilines is 2. The maximum atomic E-state index is 15.0. The second-order valence-electron chi connectivity index (χ2n) is 8.02. The first kappa shape index (κ1) is 19.1. The number of hydrogen-bond donors (Lipinski definition) is 1. The van der Waals surface area contributed by atoms with Crippen LogP contribution in [0.5, 0.6) is 0 Å². The molecule has 0 spiro atoms. The lowest BCUT2D eigenvalue weighted by Crippen LogP contribution is -2.63. The summed E-state index contributed by atoms with van der Waals surface area (Å²) in [5.74, 6) is -1.32. The van der Waals surface area contributed by atoms with Crippen molar-refractivity contribution in [1.29, 1.82) is 0 Å². The molecule has 1 aromatic carbocycles. The van der Waals surface area contributed by atoms with Crippen molar-refractivity contribution in [2.75, 3.05) is 49.6 Å². The Balaban J connectivity index is 2.08. The van der Waals surface area contributed by atoms with Crippen LogP contribution in [0.4, 0.5) is 20.2 Å². The normalized spacial score (nSPS) is 22.5. The Bertz CT molecular complexity index is 1010. The summed E-state index contributed by atoms with van der Waals surface area (Å²) in [6, 6.07) is 1.66. The molecule has 0 bridgehead atoms. The van der Waals surface area contributed by atoms with Crippen molar-refractivity contribution in [3.63, 3.8) is 0 Å². The molecule has 2 aromatic rings. The third kappa shape index (κ3) is 2.62. The first-order valence-corrected chi connectivity index (χ1v) is 9.60. The number of benzene rings is 1. The van der Waals surface area contributed by atoms with Crippen molar-refractivity contribution in [1.82, 2.24) is 9.47 Å². The molecule has 0 saturated carbocycles. The van der Waals surface area contributed by atoms with Gasteiger partial charge in [0.15, 0.2) is 5.82 Å². The van der Waals surface area contributed by atoms with E-state index in [1.165, 1.54) is 24.6 Å². The first-order chi connectivity index (χ1) is 13.3. The van der Waals surface area contributed by atoms with E-state index in [0.29, 0.717) is 36.4 Å². The number of β-amino-alcohol motifs (C(OH)–C–C–N with tert-alkyl or cyclic N) is 1. The van der Waals surface area contributed by atoms with E-state index in [1.807, 2.05) is 4.90 Å². The number of aliphatic hydroxyl groups is 1. The minimum absolute atomic E-state index is 0.0722. The quantitative estimate of drug-likeness (QED) is 0.839. The largest absolute Gasteiger partial charge is 0.395 e. The van der Waals surface area contributed by atoms with Crippen LogP contribution in [0.3, 0.4) is 0 Å². The standard InChI is InChI=1S/C20H26F2N4O2/c1-11-8-26-13(9-23(11)3)10-25(5-6-27)19-18(26)14-7-15(21)12(2)16(22)17(14)24(4)20(19)28/h7,11,13,27H,5-6,8-10H2,1-4H3. The highest BCUT2D eigenvalue weighted by molar-refractivity contribution is 6.00. The molecule has 1 saturated heterocycles. The van der Waals surface area contributed by atoms with Gasteiger partial charge in [0.2, 0.25) is 0 Å². The molecule has 1 aromatic heterocycles. The molecule has 4 rings (SSSR count). The third-order valence-corrected chi connectivity index (χ3v) is 6.30. The van der Waals surface area contributed by atoms with Crippen LogP contribution in [0.25, 0.3) is 10.9 Å². The SMILES string of the molecule is Cc1c(F)cc2c3c(c(=O)n(C)c2c1F)N(CCO)CC1CN(C)C(C)CN31. The summed E-state index contributed by atoms with van der Waals surface area (Å²) < 4.78 is 30.8. The molecule has 1 N–H and O–H groups in total. The maximum absolute atomic E-state index is 15.0. The van der Waals surface area contributed by atoms with Gasteiger partial charge >= 0.3 is 0 Å². The highest BCUT2D eigenvalue weighted by atomic mass is 19.1. The molecule has 3 heterocycles. The number of aryl methyl sites for hydroxylation is 1. The Morgan fingerprint density at radius 1 is 1.18 bits per heavy atom. The van der Waals surface area contributed by atoms with Gasteiger partial charge in [-0.3, -0.25) is 9.69 Å². The number of likely N-dealkylation sites (N-methyl/N-ethyl adjacent to an activating group) is 1. The van der Waals surface area contributed by atoms with Crippen molar-refractivity contribution in [2.24, 2.45) is 7.05 Å². The summed E-state index contributed by atoms with van der Waals surface area (Å²) in [5.41, 5.74) is 0.707. The van der Waals surface area contributed by atoms with Crippen LogP contribution in [-0.4, -0.2) is 66.5 Å². The van der Waals surface area contributed by atoms with E-state index in [2.05, 4.69) is 23.8 Å². The first-order valence-electron chi connectivity index (χ1n) is 9.60. The lowest BCUT2D eigenvalue weighted by Gasteiger charge is -2.51. The van der Waals surface area contributed by atoms with Crippen molar-refractivity contribution in [2.45, 2.75) is 25.9 Å². The van der Waals surface area contributed by atoms with E-state index < -0.39 is 11.6 Å². The number of rotatable bonds is 2. The molecule has 8 heteroatoms. The van der Waals surface area contributed by atoms with Gasteiger partial charge in [0.25, 0.3) is 5.56 Å². The van der Waals surface area contributed by atoms with Crippen LogP contribution < -0.4 is 15.4 Å². The fourth-order valence-corrected chi connectivity index (χ4v) is 4.56. The molecule has 2 atom stereocenters. The van der Waals surface area contributed by atoms with Gasteiger partial charge in [-0.15, -0.1) is 0 Å². The number of aliphatic hydroxyl groups excluding tert-OH is 1. The summed E-state index contributed by atoms with van der Waals surface area (Å²) in [4.78, 5) is 19.5. The number of aromatic nitrogens is 1. The molecule has 28 heavy (non-hydrogen) atoms. The van der Waals surface area contributed by atoms with Gasteiger partial charge < -0.3 is 19.5 Å². The van der Waals surface area contributed by atoms with E-state index in [-0.39, 0.29) is 35.3 Å². The van der Waals surface area contributed by atoms with Crippen LogP contribution >= 0.6 is 0 Å².